The molecule has 2 aromatic rings. The third-order valence-corrected chi connectivity index (χ3v) is 4.36. The average molecular weight is 392 g/mol. The van der Waals surface area contributed by atoms with E-state index in [2.05, 4.69) is 13.0 Å². The molecule has 152 valence electrons. The lowest BCUT2D eigenvalue weighted by Gasteiger charge is -2.10. The number of nitrogens with zero attached hydrogens (tertiary/aromatic N) is 1. The number of carbonyl (C=O) groups excluding carboxylic acids is 2. The standard InChI is InChI=1S/C25H29NO3/c1-5-7-8-19-9-16-24(29-17-6-2)22(18-19)14-15-23(27)20-10-12-21(13-11-20)25(28)26(3)4/h5,7,9-16,18H,6,8,17H2,1-4H3/b7-5+,15-14+. The van der Waals surface area contributed by atoms with Gasteiger partial charge in [-0.25, -0.2) is 0 Å². The molecule has 0 radical (unpaired) electrons. The molecule has 0 aliphatic rings. The largest absolute Gasteiger partial charge is 0.493 e. The molecule has 2 rings (SSSR count). The van der Waals surface area contributed by atoms with Gasteiger partial charge in [-0.15, -0.1) is 0 Å². The van der Waals surface area contributed by atoms with Crippen molar-refractivity contribution < 1.29 is 14.3 Å². The lowest BCUT2D eigenvalue weighted by molar-refractivity contribution is 0.0827. The highest BCUT2D eigenvalue weighted by molar-refractivity contribution is 6.07. The van der Waals surface area contributed by atoms with E-state index in [1.54, 1.807) is 50.5 Å². The molecule has 0 fully saturated rings. The van der Waals surface area contributed by atoms with Crippen LogP contribution in [0.25, 0.3) is 6.08 Å². The van der Waals surface area contributed by atoms with E-state index in [0.717, 1.165) is 29.7 Å². The minimum atomic E-state index is -0.117. The van der Waals surface area contributed by atoms with Gasteiger partial charge < -0.3 is 9.64 Å². The van der Waals surface area contributed by atoms with Crippen LogP contribution in [0.5, 0.6) is 5.75 Å². The highest BCUT2D eigenvalue weighted by Crippen LogP contribution is 2.23. The normalized spacial score (nSPS) is 11.2. The Morgan fingerprint density at radius 3 is 2.34 bits per heavy atom. The number of hydrogen-bond donors (Lipinski definition) is 0. The van der Waals surface area contributed by atoms with Crippen LogP contribution in [0.3, 0.4) is 0 Å². The Morgan fingerprint density at radius 1 is 1.03 bits per heavy atom. The molecule has 4 heteroatoms. The summed E-state index contributed by atoms with van der Waals surface area (Å²) in [5, 5.41) is 0. The van der Waals surface area contributed by atoms with Gasteiger partial charge in [-0.05, 0) is 61.7 Å². The van der Waals surface area contributed by atoms with E-state index in [-0.39, 0.29) is 11.7 Å². The third-order valence-electron chi connectivity index (χ3n) is 4.36. The Labute approximate surface area is 173 Å². The highest BCUT2D eigenvalue weighted by atomic mass is 16.5. The van der Waals surface area contributed by atoms with Gasteiger partial charge in [0.1, 0.15) is 5.75 Å². The van der Waals surface area contributed by atoms with Crippen molar-refractivity contribution in [2.75, 3.05) is 20.7 Å². The number of hydrogen-bond acceptors (Lipinski definition) is 3. The van der Waals surface area contributed by atoms with Crippen LogP contribution in [0.2, 0.25) is 0 Å². The molecule has 2 aromatic carbocycles. The summed E-state index contributed by atoms with van der Waals surface area (Å²) in [5.74, 6) is 0.566. The molecule has 0 bridgehead atoms. The second kappa shape index (κ2) is 11.0. The molecule has 0 saturated carbocycles. The van der Waals surface area contributed by atoms with E-state index in [9.17, 15) is 9.59 Å². The summed E-state index contributed by atoms with van der Waals surface area (Å²) in [6.45, 7) is 4.68. The van der Waals surface area contributed by atoms with Crippen LogP contribution in [0.15, 0.2) is 60.7 Å². The number of ketones is 1. The summed E-state index contributed by atoms with van der Waals surface area (Å²) < 4.78 is 5.83. The zero-order valence-electron chi connectivity index (χ0n) is 17.6. The van der Waals surface area contributed by atoms with E-state index in [1.807, 2.05) is 31.2 Å². The summed E-state index contributed by atoms with van der Waals surface area (Å²) in [6.07, 6.45) is 9.21. The second-order valence-electron chi connectivity index (χ2n) is 6.97. The fourth-order valence-electron chi connectivity index (χ4n) is 2.75. The van der Waals surface area contributed by atoms with Crippen LogP contribution in [-0.4, -0.2) is 37.3 Å². The smallest absolute Gasteiger partial charge is 0.253 e. The van der Waals surface area contributed by atoms with Gasteiger partial charge >= 0.3 is 0 Å². The molecule has 0 aromatic heterocycles. The van der Waals surface area contributed by atoms with Gasteiger partial charge in [-0.3, -0.25) is 9.59 Å². The predicted molar refractivity (Wildman–Crippen MR) is 119 cm³/mol. The molecule has 29 heavy (non-hydrogen) atoms. The van der Waals surface area contributed by atoms with Crippen molar-refractivity contribution in [3.05, 3.63) is 82.9 Å². The Bertz CT molecular complexity index is 893. The second-order valence-corrected chi connectivity index (χ2v) is 6.97. The van der Waals surface area contributed by atoms with E-state index in [0.29, 0.717) is 17.7 Å². The third kappa shape index (κ3) is 6.46. The molecule has 0 spiro atoms. The SMILES string of the molecule is C/C=C/Cc1ccc(OCCC)c(/C=C/C(=O)c2ccc(C(=O)N(C)C)cc2)c1. The quantitative estimate of drug-likeness (QED) is 0.336. The number of benzene rings is 2. The van der Waals surface area contributed by atoms with Gasteiger partial charge in [0, 0.05) is 30.8 Å². The molecule has 0 aliphatic carbocycles. The highest BCUT2D eigenvalue weighted by Gasteiger charge is 2.09. The predicted octanol–water partition coefficient (Wildman–Crippen LogP) is 5.19. The number of amides is 1. The molecular weight excluding hydrogens is 362 g/mol. The summed E-state index contributed by atoms with van der Waals surface area (Å²) in [5.41, 5.74) is 3.14. The van der Waals surface area contributed by atoms with Crippen molar-refractivity contribution in [2.24, 2.45) is 0 Å². The topological polar surface area (TPSA) is 46.6 Å². The van der Waals surface area contributed by atoms with E-state index in [1.165, 1.54) is 4.90 Å². The first-order valence-electron chi connectivity index (χ1n) is 9.87. The zero-order chi connectivity index (χ0) is 21.2. The fourth-order valence-corrected chi connectivity index (χ4v) is 2.75. The molecule has 0 atom stereocenters. The summed E-state index contributed by atoms with van der Waals surface area (Å²) in [4.78, 5) is 26.1. The Hall–Kier alpha value is -3.14. The molecule has 0 heterocycles. The Kier molecular flexibility index (Phi) is 8.41. The maximum absolute atomic E-state index is 12.6. The van der Waals surface area contributed by atoms with Gasteiger partial charge in [0.05, 0.1) is 6.61 Å². The lowest BCUT2D eigenvalue weighted by atomic mass is 10.0. The van der Waals surface area contributed by atoms with Gasteiger partial charge in [-0.2, -0.15) is 0 Å². The Morgan fingerprint density at radius 2 is 1.72 bits per heavy atom. The van der Waals surface area contributed by atoms with Crippen LogP contribution in [0.1, 0.15) is 52.1 Å². The molecule has 0 N–H and O–H groups in total. The molecule has 0 unspecified atom stereocenters. The summed E-state index contributed by atoms with van der Waals surface area (Å²) in [6, 6.07) is 12.8. The van der Waals surface area contributed by atoms with Gasteiger partial charge in [0.2, 0.25) is 0 Å². The van der Waals surface area contributed by atoms with Crippen LogP contribution >= 0.6 is 0 Å². The zero-order valence-corrected chi connectivity index (χ0v) is 17.6. The minimum Gasteiger partial charge on any atom is -0.493 e. The van der Waals surface area contributed by atoms with Gasteiger partial charge in [0.25, 0.3) is 5.91 Å². The van der Waals surface area contributed by atoms with Crippen molar-refractivity contribution >= 4 is 17.8 Å². The van der Waals surface area contributed by atoms with Crippen LogP contribution < -0.4 is 4.74 Å². The number of carbonyl (C=O) groups is 2. The van der Waals surface area contributed by atoms with Crippen LogP contribution in [0.4, 0.5) is 0 Å². The van der Waals surface area contributed by atoms with Crippen LogP contribution in [-0.2, 0) is 6.42 Å². The first-order valence-corrected chi connectivity index (χ1v) is 9.87. The number of rotatable bonds is 9. The average Bonchev–Trinajstić information content (AvgIpc) is 2.74. The van der Waals surface area contributed by atoms with E-state index >= 15 is 0 Å². The molecule has 4 nitrogen and oxygen atoms in total. The Balaban J connectivity index is 2.21. The molecular formula is C25H29NO3. The van der Waals surface area contributed by atoms with Crippen molar-refractivity contribution in [3.63, 3.8) is 0 Å². The van der Waals surface area contributed by atoms with Gasteiger partial charge in [-0.1, -0.05) is 37.3 Å². The van der Waals surface area contributed by atoms with Crippen molar-refractivity contribution in [1.29, 1.82) is 0 Å². The van der Waals surface area contributed by atoms with Crippen LogP contribution in [0, 0.1) is 0 Å². The minimum absolute atomic E-state index is 0.0878. The van der Waals surface area contributed by atoms with E-state index in [4.69, 9.17) is 4.74 Å². The first kappa shape index (κ1) is 22.2. The van der Waals surface area contributed by atoms with Crippen molar-refractivity contribution in [3.8, 4) is 5.75 Å². The van der Waals surface area contributed by atoms with Crippen molar-refractivity contribution in [2.45, 2.75) is 26.7 Å². The number of ether oxygens (including phenoxy) is 1. The number of allylic oxidation sites excluding steroid dienone is 3. The monoisotopic (exact) mass is 391 g/mol. The first-order chi connectivity index (χ1) is 14.0. The lowest BCUT2D eigenvalue weighted by Crippen LogP contribution is -2.21. The maximum atomic E-state index is 12.6. The molecule has 1 amide bonds. The summed E-state index contributed by atoms with van der Waals surface area (Å²) in [7, 11) is 3.40. The maximum Gasteiger partial charge on any atom is 0.253 e. The van der Waals surface area contributed by atoms with Crippen molar-refractivity contribution in [1.82, 2.24) is 4.90 Å². The molecule has 0 saturated heterocycles. The fraction of sp³-hybridized carbons (Fsp3) is 0.280. The molecule has 0 aliphatic heterocycles. The van der Waals surface area contributed by atoms with E-state index < -0.39 is 0 Å². The van der Waals surface area contributed by atoms with Gasteiger partial charge in [0.15, 0.2) is 5.78 Å². The summed E-state index contributed by atoms with van der Waals surface area (Å²) >= 11 is 0.